The Labute approximate surface area is 144 Å². The van der Waals surface area contributed by atoms with Gasteiger partial charge in [0, 0.05) is 24.4 Å². The smallest absolute Gasteiger partial charge is 0.233 e. The normalized spacial score (nSPS) is 16.1. The number of hydrogen-bond acceptors (Lipinski definition) is 5. The van der Waals surface area contributed by atoms with Crippen LogP contribution in [0.5, 0.6) is 0 Å². The lowest BCUT2D eigenvalue weighted by molar-refractivity contribution is -0.128. The SMILES string of the molecule is O=C(CSc1n[nH]c(Cc2cccs2)n1)N1CCCCCCC1. The average Bonchev–Trinajstić information content (AvgIpc) is 3.17. The topological polar surface area (TPSA) is 61.9 Å². The number of aromatic amines is 1. The first kappa shape index (κ1) is 16.5. The molecule has 3 rings (SSSR count). The fraction of sp³-hybridized carbons (Fsp3) is 0.562. The molecule has 0 aliphatic carbocycles. The van der Waals surface area contributed by atoms with Crippen molar-refractivity contribution in [3.63, 3.8) is 0 Å². The molecule has 1 amide bonds. The highest BCUT2D eigenvalue weighted by Crippen LogP contribution is 2.18. The molecule has 0 spiro atoms. The zero-order valence-corrected chi connectivity index (χ0v) is 14.8. The highest BCUT2D eigenvalue weighted by molar-refractivity contribution is 7.99. The van der Waals surface area contributed by atoms with Crippen molar-refractivity contribution < 1.29 is 4.79 Å². The molecule has 1 fully saturated rings. The summed E-state index contributed by atoms with van der Waals surface area (Å²) in [6, 6.07) is 4.12. The van der Waals surface area contributed by atoms with Crippen molar-refractivity contribution in [2.45, 2.75) is 43.7 Å². The summed E-state index contributed by atoms with van der Waals surface area (Å²) < 4.78 is 0. The Bertz CT molecular complexity index is 603. The van der Waals surface area contributed by atoms with Gasteiger partial charge in [0.05, 0.1) is 5.75 Å². The number of nitrogens with zero attached hydrogens (tertiary/aromatic N) is 3. The first-order valence-corrected chi connectivity index (χ1v) is 10.0. The lowest BCUT2D eigenvalue weighted by Crippen LogP contribution is -2.35. The number of thioether (sulfide) groups is 1. The summed E-state index contributed by atoms with van der Waals surface area (Å²) in [6.07, 6.45) is 6.81. The van der Waals surface area contributed by atoms with Gasteiger partial charge in [0.25, 0.3) is 0 Å². The molecule has 1 N–H and O–H groups in total. The van der Waals surface area contributed by atoms with Gasteiger partial charge in [-0.2, -0.15) is 0 Å². The van der Waals surface area contributed by atoms with Crippen LogP contribution in [0.3, 0.4) is 0 Å². The molecule has 2 aromatic heterocycles. The van der Waals surface area contributed by atoms with Gasteiger partial charge in [0.2, 0.25) is 11.1 Å². The Morgan fingerprint density at radius 2 is 2.04 bits per heavy atom. The monoisotopic (exact) mass is 350 g/mol. The van der Waals surface area contributed by atoms with Gasteiger partial charge in [-0.15, -0.1) is 16.4 Å². The third-order valence-electron chi connectivity index (χ3n) is 3.97. The number of H-pyrrole nitrogens is 1. The van der Waals surface area contributed by atoms with Gasteiger partial charge in [0.1, 0.15) is 5.82 Å². The van der Waals surface area contributed by atoms with Gasteiger partial charge in [-0.1, -0.05) is 37.1 Å². The fourth-order valence-electron chi connectivity index (χ4n) is 2.71. The van der Waals surface area contributed by atoms with E-state index in [1.54, 1.807) is 11.3 Å². The second-order valence-corrected chi connectivity index (χ2v) is 7.73. The maximum Gasteiger partial charge on any atom is 0.233 e. The van der Waals surface area contributed by atoms with Crippen LogP contribution in [0.25, 0.3) is 0 Å². The Balaban J connectivity index is 1.47. The van der Waals surface area contributed by atoms with Crippen LogP contribution in [0, 0.1) is 0 Å². The summed E-state index contributed by atoms with van der Waals surface area (Å²) in [4.78, 5) is 20.1. The third kappa shape index (κ3) is 5.07. The van der Waals surface area contributed by atoms with E-state index in [1.807, 2.05) is 11.0 Å². The highest BCUT2D eigenvalue weighted by Gasteiger charge is 2.16. The molecule has 0 saturated carbocycles. The molecule has 2 aromatic rings. The van der Waals surface area contributed by atoms with E-state index >= 15 is 0 Å². The average molecular weight is 351 g/mol. The number of thiophene rings is 1. The summed E-state index contributed by atoms with van der Waals surface area (Å²) in [5.41, 5.74) is 0. The minimum absolute atomic E-state index is 0.210. The molecule has 1 aliphatic rings. The molecule has 5 nitrogen and oxygen atoms in total. The maximum absolute atomic E-state index is 12.3. The molecule has 124 valence electrons. The van der Waals surface area contributed by atoms with Crippen LogP contribution in [0.2, 0.25) is 0 Å². The van der Waals surface area contributed by atoms with Crippen molar-refractivity contribution in [3.8, 4) is 0 Å². The van der Waals surface area contributed by atoms with Crippen LogP contribution in [-0.4, -0.2) is 44.8 Å². The van der Waals surface area contributed by atoms with E-state index in [1.165, 1.54) is 35.9 Å². The molecule has 7 heteroatoms. The molecule has 0 aromatic carbocycles. The molecule has 23 heavy (non-hydrogen) atoms. The molecule has 3 heterocycles. The number of aromatic nitrogens is 3. The quantitative estimate of drug-likeness (QED) is 0.840. The van der Waals surface area contributed by atoms with Gasteiger partial charge >= 0.3 is 0 Å². The Hall–Kier alpha value is -1.34. The van der Waals surface area contributed by atoms with Gasteiger partial charge in [-0.3, -0.25) is 9.89 Å². The molecule has 1 saturated heterocycles. The Morgan fingerprint density at radius 1 is 1.26 bits per heavy atom. The van der Waals surface area contributed by atoms with Crippen LogP contribution in [0.1, 0.15) is 42.8 Å². The maximum atomic E-state index is 12.3. The lowest BCUT2D eigenvalue weighted by atomic mass is 10.1. The number of likely N-dealkylation sites (tertiary alicyclic amines) is 1. The first-order chi connectivity index (χ1) is 11.3. The summed E-state index contributed by atoms with van der Waals surface area (Å²) in [5, 5.41) is 9.90. The van der Waals surface area contributed by atoms with Crippen molar-refractivity contribution >= 4 is 29.0 Å². The van der Waals surface area contributed by atoms with Gasteiger partial charge in [-0.25, -0.2) is 4.98 Å². The van der Waals surface area contributed by atoms with Crippen LogP contribution >= 0.6 is 23.1 Å². The lowest BCUT2D eigenvalue weighted by Gasteiger charge is -2.24. The number of nitrogens with one attached hydrogen (secondary N) is 1. The number of carbonyl (C=O) groups is 1. The molecule has 0 radical (unpaired) electrons. The number of hydrogen-bond donors (Lipinski definition) is 1. The van der Waals surface area contributed by atoms with Gasteiger partial charge in [0.15, 0.2) is 0 Å². The Kier molecular flexibility index (Phi) is 6.10. The van der Waals surface area contributed by atoms with Gasteiger partial charge in [-0.05, 0) is 24.3 Å². The summed E-state index contributed by atoms with van der Waals surface area (Å²) >= 11 is 3.14. The predicted octanol–water partition coefficient (Wildman–Crippen LogP) is 3.34. The van der Waals surface area contributed by atoms with Gasteiger partial charge < -0.3 is 4.90 Å². The van der Waals surface area contributed by atoms with E-state index in [2.05, 4.69) is 26.6 Å². The van der Waals surface area contributed by atoms with E-state index < -0.39 is 0 Å². The van der Waals surface area contributed by atoms with Crippen LogP contribution in [0.4, 0.5) is 0 Å². The van der Waals surface area contributed by atoms with E-state index in [4.69, 9.17) is 0 Å². The summed E-state index contributed by atoms with van der Waals surface area (Å²) in [5.74, 6) is 1.49. The van der Waals surface area contributed by atoms with E-state index in [-0.39, 0.29) is 5.91 Å². The summed E-state index contributed by atoms with van der Waals surface area (Å²) in [7, 11) is 0. The number of carbonyl (C=O) groups excluding carboxylic acids is 1. The van der Waals surface area contributed by atoms with Crippen molar-refractivity contribution in [3.05, 3.63) is 28.2 Å². The van der Waals surface area contributed by atoms with Crippen LogP contribution in [-0.2, 0) is 11.2 Å². The van der Waals surface area contributed by atoms with E-state index in [0.29, 0.717) is 10.9 Å². The molecule has 1 aliphatic heterocycles. The molecule has 0 bridgehead atoms. The van der Waals surface area contributed by atoms with Crippen LogP contribution < -0.4 is 0 Å². The summed E-state index contributed by atoms with van der Waals surface area (Å²) in [6.45, 7) is 1.80. The molecule has 0 atom stereocenters. The third-order valence-corrected chi connectivity index (χ3v) is 5.67. The highest BCUT2D eigenvalue weighted by atomic mass is 32.2. The van der Waals surface area contributed by atoms with Crippen molar-refractivity contribution in [1.82, 2.24) is 20.1 Å². The fourth-order valence-corrected chi connectivity index (χ4v) is 4.14. The van der Waals surface area contributed by atoms with Crippen molar-refractivity contribution in [2.24, 2.45) is 0 Å². The second-order valence-electron chi connectivity index (χ2n) is 5.76. The zero-order chi connectivity index (χ0) is 15.9. The molecule has 0 unspecified atom stereocenters. The second kappa shape index (κ2) is 8.49. The largest absolute Gasteiger partial charge is 0.342 e. The number of amides is 1. The predicted molar refractivity (Wildman–Crippen MR) is 93.9 cm³/mol. The van der Waals surface area contributed by atoms with Crippen molar-refractivity contribution in [2.75, 3.05) is 18.8 Å². The minimum Gasteiger partial charge on any atom is -0.342 e. The molecular weight excluding hydrogens is 328 g/mol. The zero-order valence-electron chi connectivity index (χ0n) is 13.2. The van der Waals surface area contributed by atoms with E-state index in [9.17, 15) is 4.79 Å². The van der Waals surface area contributed by atoms with Crippen LogP contribution in [0.15, 0.2) is 22.7 Å². The van der Waals surface area contributed by atoms with E-state index in [0.717, 1.165) is 38.2 Å². The number of rotatable bonds is 5. The Morgan fingerprint density at radius 3 is 2.78 bits per heavy atom. The first-order valence-electron chi connectivity index (χ1n) is 8.15. The standard InChI is InChI=1S/C16H22N4OS2/c21-15(20-8-4-2-1-3-5-9-20)12-23-16-17-14(18-19-16)11-13-7-6-10-22-13/h6-7,10H,1-5,8-9,11-12H2,(H,17,18,19). The van der Waals surface area contributed by atoms with Crippen molar-refractivity contribution in [1.29, 1.82) is 0 Å². The molecular formula is C16H22N4OS2. The minimum atomic E-state index is 0.210.